The van der Waals surface area contributed by atoms with Crippen LogP contribution in [0.25, 0.3) is 0 Å². The number of aromatic nitrogens is 1. The molecular weight excluding hydrogens is 447 g/mol. The first kappa shape index (κ1) is 21.5. The van der Waals surface area contributed by atoms with Crippen LogP contribution in [0.15, 0.2) is 45.9 Å². The van der Waals surface area contributed by atoms with Crippen molar-refractivity contribution in [2.45, 2.75) is 17.3 Å². The molecule has 0 fully saturated rings. The molecule has 0 aliphatic heterocycles. The summed E-state index contributed by atoms with van der Waals surface area (Å²) in [5.41, 5.74) is -3.69. The van der Waals surface area contributed by atoms with E-state index in [0.717, 1.165) is 0 Å². The van der Waals surface area contributed by atoms with Crippen LogP contribution >= 0.6 is 27.7 Å². The minimum Gasteiger partial charge on any atom is -0.395 e. The Kier molecular flexibility index (Phi) is 7.51. The van der Waals surface area contributed by atoms with Gasteiger partial charge in [0, 0.05) is 29.9 Å². The summed E-state index contributed by atoms with van der Waals surface area (Å²) in [6.07, 6.45) is 1.41. The Bertz CT molecular complexity index is 788. The molecule has 1 amide bonds. The smallest absolute Gasteiger partial charge is 0.395 e. The van der Waals surface area contributed by atoms with Gasteiger partial charge in [0.05, 0.1) is 16.6 Å². The Labute approximate surface area is 167 Å². The average molecular weight is 464 g/mol. The molecule has 5 nitrogen and oxygen atoms in total. The molecule has 0 saturated carbocycles. The summed E-state index contributed by atoms with van der Waals surface area (Å²) in [4.78, 5) is 18.5. The van der Waals surface area contributed by atoms with Crippen LogP contribution in [0.2, 0.25) is 0 Å². The standard InChI is InChI=1S/C17H17BrF3N3O2S/c1-2-24(7-8-25)15-14(18)9-11(10-22-15)16(26)23-12-3-5-13(6-4-12)27-17(19,20)21/h3-6,9-10,25H,2,7-8H2,1H3,(H,23,26). The number of hydrogen-bond acceptors (Lipinski definition) is 5. The van der Waals surface area contributed by atoms with E-state index >= 15 is 0 Å². The number of nitrogens with one attached hydrogen (secondary N) is 1. The molecular formula is C17H17BrF3N3O2S. The number of likely N-dealkylation sites (N-methyl/N-ethyl adjacent to an activating group) is 1. The predicted molar refractivity (Wildman–Crippen MR) is 103 cm³/mol. The van der Waals surface area contributed by atoms with Gasteiger partial charge in [-0.3, -0.25) is 4.79 Å². The highest BCUT2D eigenvalue weighted by molar-refractivity contribution is 9.10. The average Bonchev–Trinajstić information content (AvgIpc) is 2.60. The molecule has 0 radical (unpaired) electrons. The van der Waals surface area contributed by atoms with Crippen molar-refractivity contribution in [1.29, 1.82) is 0 Å². The van der Waals surface area contributed by atoms with Crippen molar-refractivity contribution in [3.63, 3.8) is 0 Å². The number of halogens is 4. The van der Waals surface area contributed by atoms with Gasteiger partial charge in [0.2, 0.25) is 0 Å². The van der Waals surface area contributed by atoms with Gasteiger partial charge in [-0.2, -0.15) is 13.2 Å². The van der Waals surface area contributed by atoms with Crippen molar-refractivity contribution in [1.82, 2.24) is 4.98 Å². The van der Waals surface area contributed by atoms with Crippen molar-refractivity contribution >= 4 is 45.1 Å². The largest absolute Gasteiger partial charge is 0.446 e. The fraction of sp³-hybridized carbons (Fsp3) is 0.294. The lowest BCUT2D eigenvalue weighted by Crippen LogP contribution is -2.27. The van der Waals surface area contributed by atoms with Gasteiger partial charge in [-0.1, -0.05) is 0 Å². The Hall–Kier alpha value is -1.78. The van der Waals surface area contributed by atoms with E-state index in [1.807, 2.05) is 11.8 Å². The molecule has 1 heterocycles. The van der Waals surface area contributed by atoms with Crippen LogP contribution in [-0.2, 0) is 0 Å². The molecule has 2 rings (SSSR count). The third-order valence-corrected chi connectivity index (χ3v) is 4.80. The van der Waals surface area contributed by atoms with Crippen LogP contribution in [0.3, 0.4) is 0 Å². The van der Waals surface area contributed by atoms with Gasteiger partial charge in [-0.25, -0.2) is 4.98 Å². The first-order valence-electron chi connectivity index (χ1n) is 7.92. The molecule has 0 atom stereocenters. The number of pyridine rings is 1. The number of benzene rings is 1. The fourth-order valence-electron chi connectivity index (χ4n) is 2.27. The molecule has 0 aliphatic rings. The summed E-state index contributed by atoms with van der Waals surface area (Å²) < 4.78 is 37.6. The molecule has 2 N–H and O–H groups in total. The van der Waals surface area contributed by atoms with E-state index in [9.17, 15) is 18.0 Å². The number of anilines is 2. The maximum absolute atomic E-state index is 12.3. The molecule has 10 heteroatoms. The number of thioether (sulfide) groups is 1. The zero-order chi connectivity index (χ0) is 20.0. The quantitative estimate of drug-likeness (QED) is 0.590. The van der Waals surface area contributed by atoms with E-state index in [2.05, 4.69) is 26.2 Å². The van der Waals surface area contributed by atoms with E-state index in [1.165, 1.54) is 30.5 Å². The van der Waals surface area contributed by atoms with Gasteiger partial charge >= 0.3 is 5.51 Å². The highest BCUT2D eigenvalue weighted by Gasteiger charge is 2.29. The van der Waals surface area contributed by atoms with Crippen molar-refractivity contribution < 1.29 is 23.1 Å². The van der Waals surface area contributed by atoms with E-state index in [4.69, 9.17) is 5.11 Å². The summed E-state index contributed by atoms with van der Waals surface area (Å²) in [5, 5.41) is 11.7. The topological polar surface area (TPSA) is 65.5 Å². The number of aliphatic hydroxyl groups excluding tert-OH is 1. The van der Waals surface area contributed by atoms with Crippen LogP contribution in [0.5, 0.6) is 0 Å². The lowest BCUT2D eigenvalue weighted by Gasteiger charge is -2.22. The maximum atomic E-state index is 12.3. The Balaban J connectivity index is 2.08. The number of nitrogens with zero attached hydrogens (tertiary/aromatic N) is 2. The maximum Gasteiger partial charge on any atom is 0.446 e. The molecule has 146 valence electrons. The second kappa shape index (κ2) is 9.43. The van der Waals surface area contributed by atoms with Gasteiger partial charge in [0.25, 0.3) is 5.91 Å². The number of hydrogen-bond donors (Lipinski definition) is 2. The van der Waals surface area contributed by atoms with Gasteiger partial charge in [-0.05, 0) is 64.9 Å². The van der Waals surface area contributed by atoms with Gasteiger partial charge in [0.1, 0.15) is 5.82 Å². The number of carbonyl (C=O) groups excluding carboxylic acids is 1. The number of carbonyl (C=O) groups is 1. The molecule has 0 aliphatic carbocycles. The molecule has 1 aromatic carbocycles. The van der Waals surface area contributed by atoms with E-state index < -0.39 is 11.4 Å². The van der Waals surface area contributed by atoms with Crippen molar-refractivity contribution in [3.05, 3.63) is 46.6 Å². The van der Waals surface area contributed by atoms with Gasteiger partial charge < -0.3 is 15.3 Å². The zero-order valence-corrected chi connectivity index (χ0v) is 16.7. The Morgan fingerprint density at radius 1 is 1.33 bits per heavy atom. The van der Waals surface area contributed by atoms with Crippen molar-refractivity contribution in [3.8, 4) is 0 Å². The summed E-state index contributed by atoms with van der Waals surface area (Å²) >= 11 is 3.16. The minimum atomic E-state index is -4.35. The second-order valence-electron chi connectivity index (χ2n) is 5.36. The summed E-state index contributed by atoms with van der Waals surface area (Å²) in [6, 6.07) is 7.00. The zero-order valence-electron chi connectivity index (χ0n) is 14.3. The van der Waals surface area contributed by atoms with Crippen molar-refractivity contribution in [2.75, 3.05) is 29.9 Å². The molecule has 27 heavy (non-hydrogen) atoms. The molecule has 1 aromatic heterocycles. The first-order chi connectivity index (χ1) is 12.7. The van der Waals surface area contributed by atoms with Gasteiger partial charge in [0.15, 0.2) is 0 Å². The Morgan fingerprint density at radius 3 is 2.52 bits per heavy atom. The molecule has 2 aromatic rings. The number of alkyl halides is 3. The Morgan fingerprint density at radius 2 is 2.00 bits per heavy atom. The SMILES string of the molecule is CCN(CCO)c1ncc(C(=O)Nc2ccc(SC(F)(F)F)cc2)cc1Br. The third-order valence-electron chi connectivity index (χ3n) is 3.48. The fourth-order valence-corrected chi connectivity index (χ4v) is 3.40. The van der Waals surface area contributed by atoms with Crippen LogP contribution < -0.4 is 10.2 Å². The van der Waals surface area contributed by atoms with Crippen molar-refractivity contribution in [2.24, 2.45) is 0 Å². The number of amides is 1. The van der Waals surface area contributed by atoms with Crippen LogP contribution in [0.4, 0.5) is 24.7 Å². The third kappa shape index (κ3) is 6.40. The number of aliphatic hydroxyl groups is 1. The van der Waals surface area contributed by atoms with Crippen LogP contribution in [-0.4, -0.2) is 41.2 Å². The van der Waals surface area contributed by atoms with E-state index in [-0.39, 0.29) is 23.3 Å². The monoisotopic (exact) mass is 463 g/mol. The normalized spacial score (nSPS) is 11.3. The molecule has 0 spiro atoms. The molecule has 0 unspecified atom stereocenters. The van der Waals surface area contributed by atoms with Crippen LogP contribution in [0, 0.1) is 0 Å². The van der Waals surface area contributed by atoms with E-state index in [0.29, 0.717) is 34.6 Å². The van der Waals surface area contributed by atoms with Gasteiger partial charge in [-0.15, -0.1) is 0 Å². The molecule has 0 bridgehead atoms. The minimum absolute atomic E-state index is 0.0210. The number of rotatable bonds is 7. The highest BCUT2D eigenvalue weighted by Crippen LogP contribution is 2.37. The second-order valence-corrected chi connectivity index (χ2v) is 7.35. The predicted octanol–water partition coefficient (Wildman–Crippen LogP) is 4.53. The lowest BCUT2D eigenvalue weighted by atomic mass is 10.2. The summed E-state index contributed by atoms with van der Waals surface area (Å²) in [5.74, 6) is 0.174. The van der Waals surface area contributed by atoms with E-state index in [1.54, 1.807) is 6.07 Å². The lowest BCUT2D eigenvalue weighted by molar-refractivity contribution is -0.0328. The molecule has 0 saturated heterocycles. The summed E-state index contributed by atoms with van der Waals surface area (Å²) in [7, 11) is 0. The highest BCUT2D eigenvalue weighted by atomic mass is 79.9. The van der Waals surface area contributed by atoms with Crippen LogP contribution in [0.1, 0.15) is 17.3 Å². The summed E-state index contributed by atoms with van der Waals surface area (Å²) in [6.45, 7) is 2.95. The first-order valence-corrected chi connectivity index (χ1v) is 9.53.